The lowest BCUT2D eigenvalue weighted by molar-refractivity contribution is 0.210. The lowest BCUT2D eigenvalue weighted by Gasteiger charge is -2.36. The van der Waals surface area contributed by atoms with Crippen LogP contribution in [0.2, 0.25) is 0 Å². The van der Waals surface area contributed by atoms with E-state index in [4.69, 9.17) is 4.99 Å². The maximum atomic E-state index is 4.71. The van der Waals surface area contributed by atoms with Crippen molar-refractivity contribution >= 4 is 29.9 Å². The number of halogens is 1. The van der Waals surface area contributed by atoms with Crippen LogP contribution in [0.1, 0.15) is 38.3 Å². The molecule has 0 aliphatic carbocycles. The molecule has 2 heterocycles. The smallest absolute Gasteiger partial charge is 0.194 e. The van der Waals surface area contributed by atoms with Crippen LogP contribution in [0.3, 0.4) is 0 Å². The molecule has 1 aromatic carbocycles. The van der Waals surface area contributed by atoms with Crippen LogP contribution in [0, 0.1) is 5.92 Å². The Morgan fingerprint density at radius 1 is 1.25 bits per heavy atom. The van der Waals surface area contributed by atoms with E-state index in [0.29, 0.717) is 12.1 Å². The van der Waals surface area contributed by atoms with Crippen molar-refractivity contribution in [3.05, 3.63) is 35.9 Å². The van der Waals surface area contributed by atoms with E-state index in [1.807, 2.05) is 0 Å². The number of fused-ring (bicyclic) bond motifs is 1. The number of piperidine rings is 1. The Balaban J connectivity index is 0.00000147. The lowest BCUT2D eigenvalue weighted by Crippen LogP contribution is -2.48. The molecule has 20 heavy (non-hydrogen) atoms. The minimum absolute atomic E-state index is 0. The number of hydrogen-bond acceptors (Lipinski definition) is 3. The molecule has 2 aliphatic rings. The molecular formula is C16H24IN3. The Morgan fingerprint density at radius 2 is 2.00 bits per heavy atom. The molecule has 1 N–H and O–H groups in total. The monoisotopic (exact) mass is 385 g/mol. The number of nitrogens with zero attached hydrogens (tertiary/aromatic N) is 2. The number of hydrogen-bond donors (Lipinski definition) is 1. The van der Waals surface area contributed by atoms with E-state index in [9.17, 15) is 0 Å². The maximum absolute atomic E-state index is 4.71. The standard InChI is InChI=1S/C16H23N3.HI/c1-12-8-9-15-10-17-16(19(15)11-12)18-13(2)14-6-4-3-5-7-14;/h3-7,12-13,15H,8-11H2,1-2H3,(H,17,18);1H. The molecule has 3 unspecified atom stereocenters. The SMILES string of the molecule is CC1CCC2CN=C(NC(C)c3ccccc3)N2C1.I. The molecule has 1 fully saturated rings. The molecular weight excluding hydrogens is 361 g/mol. The van der Waals surface area contributed by atoms with Gasteiger partial charge in [0.25, 0.3) is 0 Å². The zero-order chi connectivity index (χ0) is 13.2. The third-order valence-electron chi connectivity index (χ3n) is 4.31. The Morgan fingerprint density at radius 3 is 2.75 bits per heavy atom. The van der Waals surface area contributed by atoms with Crippen LogP contribution in [-0.4, -0.2) is 30.0 Å². The topological polar surface area (TPSA) is 27.6 Å². The van der Waals surface area contributed by atoms with Crippen molar-refractivity contribution in [3.63, 3.8) is 0 Å². The third-order valence-corrected chi connectivity index (χ3v) is 4.31. The summed E-state index contributed by atoms with van der Waals surface area (Å²) in [6.45, 7) is 6.67. The predicted octanol–water partition coefficient (Wildman–Crippen LogP) is 3.43. The third kappa shape index (κ3) is 3.27. The van der Waals surface area contributed by atoms with Crippen LogP contribution in [0.15, 0.2) is 35.3 Å². The summed E-state index contributed by atoms with van der Waals surface area (Å²) in [4.78, 5) is 7.19. The fraction of sp³-hybridized carbons (Fsp3) is 0.562. The molecule has 110 valence electrons. The largest absolute Gasteiger partial charge is 0.350 e. The minimum Gasteiger partial charge on any atom is -0.350 e. The van der Waals surface area contributed by atoms with Crippen molar-refractivity contribution in [2.75, 3.05) is 13.1 Å². The fourth-order valence-electron chi connectivity index (χ4n) is 3.09. The summed E-state index contributed by atoms with van der Waals surface area (Å²) in [5.41, 5.74) is 1.32. The van der Waals surface area contributed by atoms with Crippen LogP contribution in [0.25, 0.3) is 0 Å². The Kier molecular flexibility index (Phi) is 5.29. The van der Waals surface area contributed by atoms with Crippen molar-refractivity contribution < 1.29 is 0 Å². The van der Waals surface area contributed by atoms with Gasteiger partial charge in [0.1, 0.15) is 0 Å². The van der Waals surface area contributed by atoms with E-state index in [2.05, 4.69) is 54.4 Å². The van der Waals surface area contributed by atoms with E-state index in [-0.39, 0.29) is 24.0 Å². The zero-order valence-corrected chi connectivity index (χ0v) is 14.6. The van der Waals surface area contributed by atoms with Gasteiger partial charge in [0.2, 0.25) is 0 Å². The van der Waals surface area contributed by atoms with Crippen LogP contribution in [-0.2, 0) is 0 Å². The summed E-state index contributed by atoms with van der Waals surface area (Å²) in [7, 11) is 0. The van der Waals surface area contributed by atoms with Crippen molar-refractivity contribution in [2.24, 2.45) is 10.9 Å². The lowest BCUT2D eigenvalue weighted by atomic mass is 9.95. The molecule has 1 aromatic rings. The minimum atomic E-state index is 0. The van der Waals surface area contributed by atoms with Gasteiger partial charge in [0.05, 0.1) is 18.6 Å². The molecule has 3 rings (SSSR count). The van der Waals surface area contributed by atoms with Crippen molar-refractivity contribution in [2.45, 2.75) is 38.8 Å². The number of guanidine groups is 1. The summed E-state index contributed by atoms with van der Waals surface area (Å²) < 4.78 is 0. The van der Waals surface area contributed by atoms with Crippen LogP contribution in [0.5, 0.6) is 0 Å². The Hall–Kier alpha value is -0.780. The summed E-state index contributed by atoms with van der Waals surface area (Å²) >= 11 is 0. The molecule has 3 atom stereocenters. The number of aliphatic imine (C=N–C) groups is 1. The van der Waals surface area contributed by atoms with Crippen molar-refractivity contribution in [3.8, 4) is 0 Å². The van der Waals surface area contributed by atoms with E-state index in [1.54, 1.807) is 0 Å². The van der Waals surface area contributed by atoms with Gasteiger partial charge in [-0.1, -0.05) is 37.3 Å². The van der Waals surface area contributed by atoms with Gasteiger partial charge in [-0.05, 0) is 31.2 Å². The van der Waals surface area contributed by atoms with Crippen molar-refractivity contribution in [1.29, 1.82) is 0 Å². The van der Waals surface area contributed by atoms with Gasteiger partial charge < -0.3 is 10.2 Å². The van der Waals surface area contributed by atoms with Gasteiger partial charge in [-0.15, -0.1) is 24.0 Å². The molecule has 2 aliphatic heterocycles. The highest BCUT2D eigenvalue weighted by atomic mass is 127. The second-order valence-corrected chi connectivity index (χ2v) is 5.93. The zero-order valence-electron chi connectivity index (χ0n) is 12.2. The summed E-state index contributed by atoms with van der Waals surface area (Å²) in [5, 5.41) is 3.59. The number of rotatable bonds is 2. The average molecular weight is 385 g/mol. The molecule has 0 spiro atoms. The highest BCUT2D eigenvalue weighted by Gasteiger charge is 2.33. The Bertz CT molecular complexity index is 460. The summed E-state index contributed by atoms with van der Waals surface area (Å²) in [6.07, 6.45) is 2.63. The molecule has 4 heteroatoms. The quantitative estimate of drug-likeness (QED) is 0.791. The first kappa shape index (κ1) is 15.6. The van der Waals surface area contributed by atoms with Gasteiger partial charge >= 0.3 is 0 Å². The van der Waals surface area contributed by atoms with E-state index < -0.39 is 0 Å². The maximum Gasteiger partial charge on any atom is 0.194 e. The number of nitrogens with one attached hydrogen (secondary N) is 1. The van der Waals surface area contributed by atoms with E-state index in [0.717, 1.165) is 25.0 Å². The fourth-order valence-corrected chi connectivity index (χ4v) is 3.09. The van der Waals surface area contributed by atoms with Gasteiger partial charge in [0.15, 0.2) is 5.96 Å². The van der Waals surface area contributed by atoms with Crippen LogP contribution >= 0.6 is 24.0 Å². The van der Waals surface area contributed by atoms with Crippen LogP contribution in [0.4, 0.5) is 0 Å². The Labute approximate surface area is 138 Å². The molecule has 3 nitrogen and oxygen atoms in total. The van der Waals surface area contributed by atoms with Gasteiger partial charge in [-0.3, -0.25) is 4.99 Å². The molecule has 0 radical (unpaired) electrons. The molecule has 1 saturated heterocycles. The van der Waals surface area contributed by atoms with E-state index >= 15 is 0 Å². The second-order valence-electron chi connectivity index (χ2n) is 5.93. The van der Waals surface area contributed by atoms with Gasteiger partial charge in [-0.2, -0.15) is 0 Å². The van der Waals surface area contributed by atoms with E-state index in [1.165, 1.54) is 18.4 Å². The summed E-state index contributed by atoms with van der Waals surface area (Å²) in [5.74, 6) is 1.89. The average Bonchev–Trinajstić information content (AvgIpc) is 2.82. The molecule has 0 amide bonds. The normalized spacial score (nSPS) is 26.3. The van der Waals surface area contributed by atoms with Crippen LogP contribution < -0.4 is 5.32 Å². The first-order valence-corrected chi connectivity index (χ1v) is 7.36. The first-order chi connectivity index (χ1) is 9.24. The summed E-state index contributed by atoms with van der Waals surface area (Å²) in [6, 6.07) is 11.5. The second kappa shape index (κ2) is 6.78. The van der Waals surface area contributed by atoms with Gasteiger partial charge in [-0.25, -0.2) is 0 Å². The highest BCUT2D eigenvalue weighted by molar-refractivity contribution is 14.0. The number of benzene rings is 1. The molecule has 0 bridgehead atoms. The van der Waals surface area contributed by atoms with Crippen molar-refractivity contribution in [1.82, 2.24) is 10.2 Å². The molecule has 0 saturated carbocycles. The first-order valence-electron chi connectivity index (χ1n) is 7.36. The highest BCUT2D eigenvalue weighted by Crippen LogP contribution is 2.26. The molecule has 0 aromatic heterocycles. The predicted molar refractivity (Wildman–Crippen MR) is 94.6 cm³/mol. The van der Waals surface area contributed by atoms with Gasteiger partial charge in [0, 0.05) is 6.54 Å².